The Labute approximate surface area is 161 Å². The maximum Gasteiger partial charge on any atom is 2.00 e. The van der Waals surface area contributed by atoms with E-state index in [9.17, 15) is 5.11 Å². The van der Waals surface area contributed by atoms with Crippen molar-refractivity contribution in [1.29, 1.82) is 0 Å². The topological polar surface area (TPSA) is 23.5 Å². The number of likely N-dealkylation sites (N-methyl/N-ethyl adjacent to an activating group) is 1. The smallest absolute Gasteiger partial charge is 1.00 e. The quantitative estimate of drug-likeness (QED) is 0.569. The molecule has 1 aromatic carbocycles. The predicted molar refractivity (Wildman–Crippen MR) is 80.2 cm³/mol. The SMILES string of the molecule is CN(C)CC1=CC(c2ccccc2C(C)(C)O)C=C1.[Cl-].[Cl-].[Ti+2]. The Morgan fingerprint density at radius 2 is 1.73 bits per heavy atom. The molecule has 0 spiro atoms. The Hall–Kier alpha value is -0.0857. The van der Waals surface area contributed by atoms with Gasteiger partial charge in [0.1, 0.15) is 0 Å². The van der Waals surface area contributed by atoms with Crippen LogP contribution in [0, 0.1) is 0 Å². The molecule has 0 saturated carbocycles. The van der Waals surface area contributed by atoms with Gasteiger partial charge in [0.2, 0.25) is 0 Å². The summed E-state index contributed by atoms with van der Waals surface area (Å²) in [5.41, 5.74) is 2.73. The van der Waals surface area contributed by atoms with Gasteiger partial charge < -0.3 is 34.8 Å². The van der Waals surface area contributed by atoms with Gasteiger partial charge in [-0.05, 0) is 44.6 Å². The first kappa shape index (κ1) is 24.2. The first-order valence-electron chi connectivity index (χ1n) is 6.73. The van der Waals surface area contributed by atoms with Crippen LogP contribution in [0.5, 0.6) is 0 Å². The zero-order valence-corrected chi connectivity index (χ0v) is 16.5. The van der Waals surface area contributed by atoms with Crippen LogP contribution in [0.4, 0.5) is 0 Å². The van der Waals surface area contributed by atoms with Gasteiger partial charge in [0, 0.05) is 12.5 Å². The predicted octanol–water partition coefficient (Wildman–Crippen LogP) is -2.94. The third kappa shape index (κ3) is 6.19. The molecule has 2 nitrogen and oxygen atoms in total. The molecule has 0 aromatic heterocycles. The van der Waals surface area contributed by atoms with Gasteiger partial charge in [0.25, 0.3) is 0 Å². The van der Waals surface area contributed by atoms with Gasteiger partial charge in [-0.1, -0.05) is 42.5 Å². The third-order valence-electron chi connectivity index (χ3n) is 3.39. The van der Waals surface area contributed by atoms with E-state index in [1.807, 2.05) is 32.0 Å². The van der Waals surface area contributed by atoms with Crippen molar-refractivity contribution in [2.45, 2.75) is 25.4 Å². The summed E-state index contributed by atoms with van der Waals surface area (Å²) < 4.78 is 0. The number of allylic oxidation sites excluding steroid dienone is 2. The molecule has 120 valence electrons. The summed E-state index contributed by atoms with van der Waals surface area (Å²) >= 11 is 0. The third-order valence-corrected chi connectivity index (χ3v) is 3.39. The zero-order chi connectivity index (χ0) is 14.0. The zero-order valence-electron chi connectivity index (χ0n) is 13.5. The van der Waals surface area contributed by atoms with E-state index in [4.69, 9.17) is 0 Å². The van der Waals surface area contributed by atoms with Crippen LogP contribution in [0.25, 0.3) is 0 Å². The molecule has 1 aromatic rings. The first-order valence-corrected chi connectivity index (χ1v) is 6.73. The van der Waals surface area contributed by atoms with Crippen LogP contribution in [0.2, 0.25) is 0 Å². The fraction of sp³-hybridized carbons (Fsp3) is 0.412. The van der Waals surface area contributed by atoms with E-state index in [-0.39, 0.29) is 52.4 Å². The molecule has 2 rings (SSSR count). The minimum atomic E-state index is -0.803. The second kappa shape index (κ2) is 9.92. The molecule has 5 heteroatoms. The van der Waals surface area contributed by atoms with Crippen molar-refractivity contribution >= 4 is 0 Å². The van der Waals surface area contributed by atoms with E-state index in [0.717, 1.165) is 12.1 Å². The minimum absolute atomic E-state index is 0. The van der Waals surface area contributed by atoms with Crippen molar-refractivity contribution in [1.82, 2.24) is 4.90 Å². The van der Waals surface area contributed by atoms with E-state index in [1.165, 1.54) is 11.1 Å². The average molecular weight is 376 g/mol. The van der Waals surface area contributed by atoms with Crippen molar-refractivity contribution in [3.05, 3.63) is 59.2 Å². The van der Waals surface area contributed by atoms with Crippen LogP contribution in [0.1, 0.15) is 30.9 Å². The molecule has 1 aliphatic rings. The second-order valence-corrected chi connectivity index (χ2v) is 6.01. The molecular weight excluding hydrogens is 353 g/mol. The standard InChI is InChI=1S/C17H23NO.2ClH.Ti/c1-17(2,19)16-8-6-5-7-15(16)14-10-9-13(11-14)12-18(3)4;;;/h5-11,14,19H,12H2,1-4H3;2*1H;/q;;;+2/p-2. The number of hydrogen-bond acceptors (Lipinski definition) is 2. The molecule has 1 atom stereocenters. The maximum absolute atomic E-state index is 10.3. The summed E-state index contributed by atoms with van der Waals surface area (Å²) in [6.45, 7) is 4.64. The Bertz CT molecular complexity index is 522. The van der Waals surface area contributed by atoms with Gasteiger partial charge in [-0.2, -0.15) is 0 Å². The normalized spacial score (nSPS) is 16.5. The summed E-state index contributed by atoms with van der Waals surface area (Å²) in [5, 5.41) is 10.3. The van der Waals surface area contributed by atoms with Gasteiger partial charge in [0.05, 0.1) is 5.60 Å². The van der Waals surface area contributed by atoms with Gasteiger partial charge in [0.15, 0.2) is 0 Å². The number of hydrogen-bond donors (Lipinski definition) is 1. The van der Waals surface area contributed by atoms with Crippen LogP contribution >= 0.6 is 0 Å². The van der Waals surface area contributed by atoms with Crippen LogP contribution in [-0.2, 0) is 27.3 Å². The van der Waals surface area contributed by atoms with Gasteiger partial charge in [-0.25, -0.2) is 0 Å². The molecule has 0 saturated heterocycles. The van der Waals surface area contributed by atoms with E-state index in [1.54, 1.807) is 0 Å². The number of rotatable bonds is 4. The Morgan fingerprint density at radius 3 is 2.27 bits per heavy atom. The number of benzene rings is 1. The van der Waals surface area contributed by atoms with E-state index in [0.29, 0.717) is 0 Å². The van der Waals surface area contributed by atoms with E-state index < -0.39 is 5.60 Å². The Balaban J connectivity index is 0. The molecule has 0 heterocycles. The van der Waals surface area contributed by atoms with Crippen LogP contribution in [0.15, 0.2) is 48.1 Å². The molecule has 22 heavy (non-hydrogen) atoms. The summed E-state index contributed by atoms with van der Waals surface area (Å²) in [7, 11) is 4.15. The fourth-order valence-electron chi connectivity index (χ4n) is 2.58. The molecule has 1 unspecified atom stereocenters. The monoisotopic (exact) mass is 375 g/mol. The molecule has 1 aliphatic carbocycles. The summed E-state index contributed by atoms with van der Waals surface area (Å²) in [6.07, 6.45) is 6.68. The number of nitrogens with zero attached hydrogens (tertiary/aromatic N) is 1. The van der Waals surface area contributed by atoms with Crippen molar-refractivity contribution in [3.63, 3.8) is 0 Å². The van der Waals surface area contributed by atoms with E-state index in [2.05, 4.69) is 43.3 Å². The Kier molecular flexibility index (Phi) is 10.9. The summed E-state index contributed by atoms with van der Waals surface area (Å²) in [4.78, 5) is 2.17. The van der Waals surface area contributed by atoms with Crippen molar-refractivity contribution < 1.29 is 51.6 Å². The molecule has 0 bridgehead atoms. The fourth-order valence-corrected chi connectivity index (χ4v) is 2.58. The van der Waals surface area contributed by atoms with Gasteiger partial charge in [-0.3, -0.25) is 0 Å². The van der Waals surface area contributed by atoms with E-state index >= 15 is 0 Å². The van der Waals surface area contributed by atoms with Crippen molar-refractivity contribution in [2.24, 2.45) is 0 Å². The van der Waals surface area contributed by atoms with Crippen LogP contribution < -0.4 is 24.8 Å². The number of aliphatic hydroxyl groups is 1. The molecule has 1 N–H and O–H groups in total. The van der Waals surface area contributed by atoms with Crippen molar-refractivity contribution in [3.8, 4) is 0 Å². The Morgan fingerprint density at radius 1 is 1.14 bits per heavy atom. The second-order valence-electron chi connectivity index (χ2n) is 6.01. The van der Waals surface area contributed by atoms with Crippen LogP contribution in [0.3, 0.4) is 0 Å². The molecule has 0 fully saturated rings. The van der Waals surface area contributed by atoms with Gasteiger partial charge >= 0.3 is 21.7 Å². The molecule has 0 amide bonds. The maximum atomic E-state index is 10.3. The summed E-state index contributed by atoms with van der Waals surface area (Å²) in [5.74, 6) is 0.276. The molecule has 0 radical (unpaired) electrons. The minimum Gasteiger partial charge on any atom is -1.00 e. The summed E-state index contributed by atoms with van der Waals surface area (Å²) in [6, 6.07) is 8.15. The largest absolute Gasteiger partial charge is 2.00 e. The van der Waals surface area contributed by atoms with Crippen LogP contribution in [-0.4, -0.2) is 30.6 Å². The molecule has 0 aliphatic heterocycles. The average Bonchev–Trinajstić information content (AvgIpc) is 2.75. The first-order chi connectivity index (χ1) is 8.88. The molecular formula is C17H23Cl2NOTi. The van der Waals surface area contributed by atoms with Crippen molar-refractivity contribution in [2.75, 3.05) is 20.6 Å². The van der Waals surface area contributed by atoms with Gasteiger partial charge in [-0.15, -0.1) is 0 Å². The number of halogens is 2.